The maximum absolute atomic E-state index is 12.8. The number of amides is 1. The molecular formula is C24H29N5O4S2. The maximum Gasteiger partial charge on any atom is 0.257 e. The number of nitrogens with one attached hydrogen (secondary N) is 2. The topological polar surface area (TPSA) is 117 Å². The van der Waals surface area contributed by atoms with E-state index in [1.54, 1.807) is 25.1 Å². The number of carbonyl (C=O) groups excluding carboxylic acids is 1. The first kappa shape index (κ1) is 25.2. The number of sulfonamides is 1. The minimum Gasteiger partial charge on any atom is -0.484 e. The number of H-pyrrole nitrogens is 1. The molecule has 0 unspecified atom stereocenters. The minimum atomic E-state index is -3.50. The van der Waals surface area contributed by atoms with Gasteiger partial charge < -0.3 is 10.1 Å². The first-order valence-electron chi connectivity index (χ1n) is 11.5. The van der Waals surface area contributed by atoms with Crippen LogP contribution in [0.5, 0.6) is 5.75 Å². The lowest BCUT2D eigenvalue weighted by molar-refractivity contribution is -0.122. The Morgan fingerprint density at radius 2 is 1.91 bits per heavy atom. The van der Waals surface area contributed by atoms with Crippen molar-refractivity contribution in [1.82, 2.24) is 24.8 Å². The summed E-state index contributed by atoms with van der Waals surface area (Å²) < 4.78 is 32.9. The third-order valence-corrected chi connectivity index (χ3v) is 8.37. The van der Waals surface area contributed by atoms with Crippen molar-refractivity contribution in [1.29, 1.82) is 0 Å². The van der Waals surface area contributed by atoms with Crippen LogP contribution in [0.3, 0.4) is 0 Å². The Labute approximate surface area is 209 Å². The lowest BCUT2D eigenvalue weighted by Crippen LogP contribution is -2.35. The lowest BCUT2D eigenvalue weighted by atomic mass is 10.2. The zero-order valence-electron chi connectivity index (χ0n) is 19.6. The second-order valence-corrected chi connectivity index (χ2v) is 11.2. The number of thioether (sulfide) groups is 1. The fraction of sp³-hybridized carbons (Fsp3) is 0.375. The van der Waals surface area contributed by atoms with Crippen molar-refractivity contribution in [3.8, 4) is 17.1 Å². The predicted octanol–water partition coefficient (Wildman–Crippen LogP) is 3.24. The quantitative estimate of drug-likeness (QED) is 0.314. The average Bonchev–Trinajstić information content (AvgIpc) is 3.36. The van der Waals surface area contributed by atoms with Crippen molar-refractivity contribution >= 4 is 27.7 Å². The van der Waals surface area contributed by atoms with Crippen molar-refractivity contribution in [3.63, 3.8) is 0 Å². The number of carbonyl (C=O) groups is 1. The van der Waals surface area contributed by atoms with Gasteiger partial charge in [0.15, 0.2) is 12.4 Å². The number of benzene rings is 2. The van der Waals surface area contributed by atoms with Crippen LogP contribution >= 0.6 is 11.8 Å². The Morgan fingerprint density at radius 3 is 2.66 bits per heavy atom. The Hall–Kier alpha value is -2.89. The van der Waals surface area contributed by atoms with Crippen molar-refractivity contribution in [2.45, 2.75) is 36.2 Å². The number of aryl methyl sites for hydroxylation is 1. The van der Waals surface area contributed by atoms with E-state index in [0.717, 1.165) is 24.8 Å². The highest BCUT2D eigenvalue weighted by atomic mass is 32.2. The van der Waals surface area contributed by atoms with Gasteiger partial charge in [-0.3, -0.25) is 9.89 Å². The van der Waals surface area contributed by atoms with Crippen LogP contribution in [0, 0.1) is 6.92 Å². The monoisotopic (exact) mass is 515 g/mol. The standard InChI is InChI=1S/C24H29N5O4S2/c1-18-16-20(35(31,32)29-13-6-3-7-14-29)10-11-21(18)33-17-22(30)25-12-15-34-24-26-23(27-28-24)19-8-4-2-5-9-19/h2,4-5,8-11,16H,3,6-7,12-15,17H2,1H3,(H,25,30)(H,26,27,28). The van der Waals surface area contributed by atoms with Crippen molar-refractivity contribution in [2.75, 3.05) is 32.0 Å². The minimum absolute atomic E-state index is 0.150. The molecule has 3 aromatic rings. The molecular weight excluding hydrogens is 486 g/mol. The van der Waals surface area contributed by atoms with E-state index in [9.17, 15) is 13.2 Å². The van der Waals surface area contributed by atoms with Gasteiger partial charge in [0.2, 0.25) is 15.2 Å². The number of aromatic amines is 1. The molecule has 0 aliphatic carbocycles. The summed E-state index contributed by atoms with van der Waals surface area (Å²) in [4.78, 5) is 16.9. The number of hydrogen-bond acceptors (Lipinski definition) is 7. The van der Waals surface area contributed by atoms with E-state index < -0.39 is 10.0 Å². The molecule has 0 bridgehead atoms. The number of hydrogen-bond donors (Lipinski definition) is 2. The molecule has 1 aliphatic rings. The highest BCUT2D eigenvalue weighted by Crippen LogP contribution is 2.26. The summed E-state index contributed by atoms with van der Waals surface area (Å²) in [6, 6.07) is 14.5. The van der Waals surface area contributed by atoms with Crippen LogP contribution in [0.4, 0.5) is 0 Å². The van der Waals surface area contributed by atoms with Gasteiger partial charge in [0.25, 0.3) is 5.91 Å². The van der Waals surface area contributed by atoms with Gasteiger partial charge in [-0.05, 0) is 43.5 Å². The fourth-order valence-electron chi connectivity index (χ4n) is 3.76. The van der Waals surface area contributed by atoms with Crippen LogP contribution in [0.2, 0.25) is 0 Å². The van der Waals surface area contributed by atoms with Gasteiger partial charge in [0, 0.05) is 31.0 Å². The molecule has 2 heterocycles. The number of rotatable bonds is 10. The van der Waals surface area contributed by atoms with Gasteiger partial charge in [-0.2, -0.15) is 4.31 Å². The van der Waals surface area contributed by atoms with Gasteiger partial charge in [-0.15, -0.1) is 5.10 Å². The number of piperidine rings is 1. The molecule has 35 heavy (non-hydrogen) atoms. The first-order chi connectivity index (χ1) is 16.9. The van der Waals surface area contributed by atoms with Gasteiger partial charge >= 0.3 is 0 Å². The van der Waals surface area contributed by atoms with E-state index in [1.165, 1.54) is 16.1 Å². The van der Waals surface area contributed by atoms with E-state index in [1.807, 2.05) is 30.3 Å². The number of aromatic nitrogens is 3. The highest BCUT2D eigenvalue weighted by Gasteiger charge is 2.26. The van der Waals surface area contributed by atoms with Gasteiger partial charge in [-0.1, -0.05) is 48.5 Å². The molecule has 1 fully saturated rings. The van der Waals surface area contributed by atoms with E-state index >= 15 is 0 Å². The second-order valence-electron chi connectivity index (χ2n) is 8.21. The van der Waals surface area contributed by atoms with Crippen LogP contribution in [0.15, 0.2) is 58.6 Å². The summed E-state index contributed by atoms with van der Waals surface area (Å²) in [5.74, 6) is 1.55. The smallest absolute Gasteiger partial charge is 0.257 e. The molecule has 1 aromatic heterocycles. The SMILES string of the molecule is Cc1cc(S(=O)(=O)N2CCCCC2)ccc1OCC(=O)NCCSc1n[nH]c(-c2ccccc2)n1. The Bertz CT molecular complexity index is 1240. The molecule has 0 saturated carbocycles. The molecule has 186 valence electrons. The summed E-state index contributed by atoms with van der Waals surface area (Å²) in [5, 5.41) is 10.5. The molecule has 1 aliphatic heterocycles. The van der Waals surface area contributed by atoms with E-state index in [2.05, 4.69) is 20.5 Å². The second kappa shape index (κ2) is 11.7. The van der Waals surface area contributed by atoms with E-state index in [4.69, 9.17) is 4.74 Å². The summed E-state index contributed by atoms with van der Waals surface area (Å²) in [5.41, 5.74) is 1.63. The van der Waals surface area contributed by atoms with Crippen molar-refractivity contribution in [3.05, 3.63) is 54.1 Å². The first-order valence-corrected chi connectivity index (χ1v) is 14.0. The van der Waals surface area contributed by atoms with Crippen LogP contribution in [-0.4, -0.2) is 65.8 Å². The molecule has 1 saturated heterocycles. The molecule has 11 heteroatoms. The molecule has 9 nitrogen and oxygen atoms in total. The molecule has 1 amide bonds. The third kappa shape index (κ3) is 6.62. The molecule has 0 spiro atoms. The van der Waals surface area contributed by atoms with Crippen molar-refractivity contribution in [2.24, 2.45) is 0 Å². The van der Waals surface area contributed by atoms with Gasteiger partial charge in [0.05, 0.1) is 4.90 Å². The Kier molecular flexibility index (Phi) is 8.42. The van der Waals surface area contributed by atoms with Crippen LogP contribution in [-0.2, 0) is 14.8 Å². The summed E-state index contributed by atoms with van der Waals surface area (Å²) in [6.45, 7) is 3.18. The predicted molar refractivity (Wildman–Crippen MR) is 135 cm³/mol. The van der Waals surface area contributed by atoms with Crippen LogP contribution < -0.4 is 10.1 Å². The number of nitrogens with zero attached hydrogens (tertiary/aromatic N) is 3. The lowest BCUT2D eigenvalue weighted by Gasteiger charge is -2.26. The zero-order chi connectivity index (χ0) is 24.7. The third-order valence-electron chi connectivity index (χ3n) is 5.63. The zero-order valence-corrected chi connectivity index (χ0v) is 21.2. The molecule has 2 aromatic carbocycles. The fourth-order valence-corrected chi connectivity index (χ4v) is 6.02. The number of ether oxygens (including phenoxy) is 1. The largest absolute Gasteiger partial charge is 0.484 e. The average molecular weight is 516 g/mol. The van der Waals surface area contributed by atoms with Gasteiger partial charge in [-0.25, -0.2) is 13.4 Å². The molecule has 0 atom stereocenters. The van der Waals surface area contributed by atoms with Crippen LogP contribution in [0.25, 0.3) is 11.4 Å². The normalized spacial score (nSPS) is 14.5. The maximum atomic E-state index is 12.8. The molecule has 2 N–H and O–H groups in total. The van der Waals surface area contributed by atoms with Crippen LogP contribution in [0.1, 0.15) is 24.8 Å². The van der Waals surface area contributed by atoms with E-state index in [0.29, 0.717) is 47.7 Å². The van der Waals surface area contributed by atoms with Crippen molar-refractivity contribution < 1.29 is 17.9 Å². The van der Waals surface area contributed by atoms with Gasteiger partial charge in [0.1, 0.15) is 5.75 Å². The summed E-state index contributed by atoms with van der Waals surface area (Å²) in [6.07, 6.45) is 2.84. The Morgan fingerprint density at radius 1 is 1.14 bits per heavy atom. The molecule has 4 rings (SSSR count). The summed E-state index contributed by atoms with van der Waals surface area (Å²) >= 11 is 1.44. The Balaban J connectivity index is 1.21. The molecule has 0 radical (unpaired) electrons. The highest BCUT2D eigenvalue weighted by molar-refractivity contribution is 7.99. The summed E-state index contributed by atoms with van der Waals surface area (Å²) in [7, 11) is -3.50. The van der Waals surface area contributed by atoms with E-state index in [-0.39, 0.29) is 17.4 Å².